The summed E-state index contributed by atoms with van der Waals surface area (Å²) in [5, 5.41) is 3.44. The second-order valence-corrected chi connectivity index (χ2v) is 7.20. The number of hydrogen-bond acceptors (Lipinski definition) is 4. The minimum absolute atomic E-state index is 0.130. The predicted molar refractivity (Wildman–Crippen MR) is 120 cm³/mol. The smallest absolute Gasteiger partial charge is 0.265 e. The molecule has 2 heterocycles. The van der Waals surface area contributed by atoms with Gasteiger partial charge in [-0.1, -0.05) is 24.3 Å². The van der Waals surface area contributed by atoms with Gasteiger partial charge in [0.25, 0.3) is 5.91 Å². The second kappa shape index (κ2) is 7.99. The van der Waals surface area contributed by atoms with Gasteiger partial charge in [-0.25, -0.2) is 4.98 Å². The van der Waals surface area contributed by atoms with Crippen LogP contribution >= 0.6 is 0 Å². The maximum atomic E-state index is 13.5. The van der Waals surface area contributed by atoms with Crippen molar-refractivity contribution in [3.05, 3.63) is 83.1 Å². The van der Waals surface area contributed by atoms with E-state index in [2.05, 4.69) is 42.1 Å². The van der Waals surface area contributed by atoms with Crippen molar-refractivity contribution in [2.75, 3.05) is 12.4 Å². The molecule has 0 bridgehead atoms. The van der Waals surface area contributed by atoms with Crippen LogP contribution in [0.4, 0.5) is 11.4 Å². The minimum Gasteiger partial charge on any atom is -0.355 e. The van der Waals surface area contributed by atoms with Gasteiger partial charge < -0.3 is 9.88 Å². The van der Waals surface area contributed by atoms with Crippen LogP contribution in [-0.4, -0.2) is 27.1 Å². The Bertz CT molecular complexity index is 1310. The molecule has 4 rings (SSSR count). The van der Waals surface area contributed by atoms with E-state index >= 15 is 0 Å². The predicted octanol–water partition coefficient (Wildman–Crippen LogP) is 4.44. The monoisotopic (exact) mass is 399 g/mol. The summed E-state index contributed by atoms with van der Waals surface area (Å²) >= 11 is 0. The summed E-state index contributed by atoms with van der Waals surface area (Å²) in [7, 11) is 1.74. The topological polar surface area (TPSA) is 64.2 Å². The number of benzene rings is 2. The van der Waals surface area contributed by atoms with Gasteiger partial charge in [0, 0.05) is 25.5 Å². The van der Waals surface area contributed by atoms with Crippen LogP contribution in [0.2, 0.25) is 0 Å². The van der Waals surface area contributed by atoms with Crippen molar-refractivity contribution < 1.29 is 4.79 Å². The molecule has 0 saturated carbocycles. The highest BCUT2D eigenvalue weighted by Crippen LogP contribution is 2.26. The third kappa shape index (κ3) is 3.30. The highest BCUT2D eigenvalue weighted by atomic mass is 16.2. The molecule has 152 valence electrons. The molecular weight excluding hydrogens is 374 g/mol. The summed E-state index contributed by atoms with van der Waals surface area (Å²) in [5.74, 6) is -0.130. The van der Waals surface area contributed by atoms with Crippen LogP contribution in [0.15, 0.2) is 65.9 Å². The van der Waals surface area contributed by atoms with Gasteiger partial charge in [0.2, 0.25) is 0 Å². The lowest BCUT2D eigenvalue weighted by Crippen LogP contribution is -2.22. The lowest BCUT2D eigenvalue weighted by atomic mass is 10.1. The molecule has 4 aromatic rings. The Morgan fingerprint density at radius 3 is 2.60 bits per heavy atom. The van der Waals surface area contributed by atoms with Gasteiger partial charge in [-0.05, 0) is 56.2 Å². The van der Waals surface area contributed by atoms with Crippen molar-refractivity contribution in [3.63, 3.8) is 0 Å². The highest BCUT2D eigenvalue weighted by molar-refractivity contribution is 6.05. The van der Waals surface area contributed by atoms with E-state index in [0.29, 0.717) is 11.2 Å². The zero-order valence-electron chi connectivity index (χ0n) is 17.7. The molecule has 0 fully saturated rings. The van der Waals surface area contributed by atoms with Crippen molar-refractivity contribution in [1.29, 1.82) is 0 Å². The molecule has 30 heavy (non-hydrogen) atoms. The van der Waals surface area contributed by atoms with E-state index in [-0.39, 0.29) is 5.91 Å². The van der Waals surface area contributed by atoms with E-state index in [1.165, 1.54) is 5.56 Å². The summed E-state index contributed by atoms with van der Waals surface area (Å²) < 4.78 is 3.65. The summed E-state index contributed by atoms with van der Waals surface area (Å²) in [6.07, 6.45) is 3.48. The molecule has 2 aromatic carbocycles. The highest BCUT2D eigenvalue weighted by Gasteiger charge is 2.18. The molecule has 0 atom stereocenters. The first-order valence-electron chi connectivity index (χ1n) is 10.0. The Morgan fingerprint density at radius 1 is 1.07 bits per heavy atom. The van der Waals surface area contributed by atoms with Gasteiger partial charge in [0.1, 0.15) is 5.49 Å². The Morgan fingerprint density at radius 2 is 1.83 bits per heavy atom. The van der Waals surface area contributed by atoms with E-state index in [1.54, 1.807) is 24.0 Å². The molecule has 0 aliphatic carbocycles. The fourth-order valence-corrected chi connectivity index (χ4v) is 3.68. The summed E-state index contributed by atoms with van der Waals surface area (Å²) in [4.78, 5) is 22.3. The van der Waals surface area contributed by atoms with Crippen molar-refractivity contribution >= 4 is 28.4 Å². The zero-order chi connectivity index (χ0) is 21.3. The van der Waals surface area contributed by atoms with Crippen LogP contribution in [0.1, 0.15) is 28.4 Å². The van der Waals surface area contributed by atoms with Crippen LogP contribution in [0.5, 0.6) is 0 Å². The van der Waals surface area contributed by atoms with Gasteiger partial charge in [-0.2, -0.15) is 0 Å². The third-order valence-corrected chi connectivity index (χ3v) is 5.50. The molecule has 0 radical (unpaired) electrons. The number of carbonyl (C=O) groups excluding carboxylic acids is 1. The molecule has 6 nitrogen and oxygen atoms in total. The molecule has 6 heteroatoms. The van der Waals surface area contributed by atoms with Crippen LogP contribution in [0.3, 0.4) is 0 Å². The second-order valence-electron chi connectivity index (χ2n) is 7.20. The van der Waals surface area contributed by atoms with Gasteiger partial charge in [0.05, 0.1) is 23.0 Å². The Hall–Kier alpha value is -3.67. The van der Waals surface area contributed by atoms with Crippen molar-refractivity contribution in [2.45, 2.75) is 27.3 Å². The summed E-state index contributed by atoms with van der Waals surface area (Å²) in [6, 6.07) is 15.6. The number of rotatable bonds is 4. The third-order valence-electron chi connectivity index (χ3n) is 5.50. The Labute approximate surface area is 175 Å². The number of anilines is 2. The lowest BCUT2D eigenvalue weighted by molar-refractivity contribution is 0.0965. The molecule has 0 unspecified atom stereocenters. The van der Waals surface area contributed by atoms with Crippen molar-refractivity contribution in [2.24, 2.45) is 4.99 Å². The quantitative estimate of drug-likeness (QED) is 0.552. The van der Waals surface area contributed by atoms with Gasteiger partial charge in [-0.15, -0.1) is 0 Å². The first kappa shape index (κ1) is 19.6. The zero-order valence-corrected chi connectivity index (χ0v) is 17.7. The van der Waals surface area contributed by atoms with Crippen LogP contribution in [0, 0.1) is 13.8 Å². The SMILES string of the molecule is CCn1/c(=N\C)cnc2c1ccn2C(=O)c1ccccc1Nc1cccc(C)c1C. The van der Waals surface area contributed by atoms with E-state index in [0.717, 1.165) is 34.5 Å². The molecule has 0 aliphatic heterocycles. The number of hydrogen-bond donors (Lipinski definition) is 1. The lowest BCUT2D eigenvalue weighted by Gasteiger charge is -2.15. The first-order valence-corrected chi connectivity index (χ1v) is 10.0. The van der Waals surface area contributed by atoms with E-state index < -0.39 is 0 Å². The van der Waals surface area contributed by atoms with E-state index in [1.807, 2.05) is 47.0 Å². The van der Waals surface area contributed by atoms with Gasteiger partial charge >= 0.3 is 0 Å². The number of fused-ring (bicyclic) bond motifs is 1. The maximum Gasteiger partial charge on any atom is 0.265 e. The van der Waals surface area contributed by atoms with Crippen LogP contribution in [0.25, 0.3) is 11.2 Å². The normalized spacial score (nSPS) is 11.8. The molecule has 2 aromatic heterocycles. The fourth-order valence-electron chi connectivity index (χ4n) is 3.68. The Kier molecular flexibility index (Phi) is 5.23. The van der Waals surface area contributed by atoms with Crippen LogP contribution < -0.4 is 10.8 Å². The molecule has 0 saturated heterocycles. The van der Waals surface area contributed by atoms with E-state index in [4.69, 9.17) is 0 Å². The number of nitrogens with zero attached hydrogens (tertiary/aromatic N) is 4. The summed E-state index contributed by atoms with van der Waals surface area (Å²) in [6.45, 7) is 6.95. The van der Waals surface area contributed by atoms with Gasteiger partial charge in [-0.3, -0.25) is 14.4 Å². The van der Waals surface area contributed by atoms with Crippen LogP contribution in [-0.2, 0) is 6.54 Å². The van der Waals surface area contributed by atoms with E-state index in [9.17, 15) is 4.79 Å². The largest absolute Gasteiger partial charge is 0.355 e. The standard InChI is InChI=1S/C24H25N5O/c1-5-28-21-13-14-29(23(21)26-15-22(28)25-4)24(30)18-10-6-7-11-20(18)27-19-12-8-9-16(2)17(19)3/h6-15,27H,5H2,1-4H3/b25-22-. The van der Waals surface area contributed by atoms with Crippen molar-refractivity contribution in [3.8, 4) is 0 Å². The first-order chi connectivity index (χ1) is 14.5. The molecule has 0 spiro atoms. The number of carbonyl (C=O) groups is 1. The fraction of sp³-hybridized carbons (Fsp3) is 0.208. The summed E-state index contributed by atoms with van der Waals surface area (Å²) in [5.41, 5.74) is 6.99. The molecular formula is C24H25N5O. The molecule has 0 aliphatic rings. The minimum atomic E-state index is -0.130. The molecule has 1 N–H and O–H groups in total. The number of aromatic nitrogens is 3. The van der Waals surface area contributed by atoms with Crippen molar-refractivity contribution in [1.82, 2.24) is 14.1 Å². The number of aryl methyl sites for hydroxylation is 2. The number of para-hydroxylation sites is 1. The Balaban J connectivity index is 1.79. The molecule has 0 amide bonds. The number of nitrogens with one attached hydrogen (secondary N) is 1. The average molecular weight is 399 g/mol. The average Bonchev–Trinajstić information content (AvgIpc) is 3.20. The van der Waals surface area contributed by atoms with Gasteiger partial charge in [0.15, 0.2) is 5.65 Å². The maximum absolute atomic E-state index is 13.5.